The van der Waals surface area contributed by atoms with Crippen molar-refractivity contribution in [3.8, 4) is 0 Å². The fourth-order valence-electron chi connectivity index (χ4n) is 3.05. The number of rotatable bonds is 8. The van der Waals surface area contributed by atoms with E-state index in [1.807, 2.05) is 97.1 Å². The van der Waals surface area contributed by atoms with Gasteiger partial charge < -0.3 is 0 Å². The maximum atomic E-state index is 12.7. The second-order valence-corrected chi connectivity index (χ2v) is 7.48. The van der Waals surface area contributed by atoms with Crippen LogP contribution in [0.1, 0.15) is 39.1 Å². The van der Waals surface area contributed by atoms with E-state index in [1.165, 1.54) is 0 Å². The number of halogens is 1. The Morgan fingerprint density at radius 1 is 0.643 bits per heavy atom. The van der Waals surface area contributed by atoms with Gasteiger partial charge in [-0.25, -0.2) is 0 Å². The fraction of sp³-hybridized carbons (Fsp3) is 0.120. The minimum atomic E-state index is -0.199. The predicted molar refractivity (Wildman–Crippen MR) is 118 cm³/mol. The van der Waals surface area contributed by atoms with Crippen LogP contribution in [-0.2, 0) is 0 Å². The van der Waals surface area contributed by atoms with Crippen LogP contribution in [0.25, 0.3) is 4.48 Å². The van der Waals surface area contributed by atoms with Gasteiger partial charge in [0.15, 0.2) is 11.6 Å². The Bertz CT molecular complexity index is 894. The molecule has 0 aliphatic rings. The molecule has 0 aliphatic carbocycles. The molecule has 140 valence electrons. The number of ketones is 2. The van der Waals surface area contributed by atoms with Crippen molar-refractivity contribution in [1.29, 1.82) is 0 Å². The first-order valence-electron chi connectivity index (χ1n) is 9.22. The lowest BCUT2D eigenvalue weighted by molar-refractivity contribution is 0.0937. The molecular formula is C25H21BrO2. The van der Waals surface area contributed by atoms with E-state index in [1.54, 1.807) is 0 Å². The molecule has 0 saturated carbocycles. The summed E-state index contributed by atoms with van der Waals surface area (Å²) in [5, 5.41) is 0. The molecule has 0 unspecified atom stereocenters. The van der Waals surface area contributed by atoms with Crippen molar-refractivity contribution >= 4 is 32.0 Å². The number of carbonyl (C=O) groups excluding carboxylic acids is 2. The Labute approximate surface area is 174 Å². The quantitative estimate of drug-likeness (QED) is 0.376. The van der Waals surface area contributed by atoms with E-state index >= 15 is 0 Å². The topological polar surface area (TPSA) is 34.1 Å². The van der Waals surface area contributed by atoms with Gasteiger partial charge in [-0.2, -0.15) is 0 Å². The van der Waals surface area contributed by atoms with E-state index in [2.05, 4.69) is 15.9 Å². The molecule has 0 amide bonds. The highest BCUT2D eigenvalue weighted by atomic mass is 79.9. The monoisotopic (exact) mass is 432 g/mol. The number of hydrogen-bond acceptors (Lipinski definition) is 2. The number of hydrogen-bond donors (Lipinski definition) is 0. The van der Waals surface area contributed by atoms with Gasteiger partial charge in [0, 0.05) is 28.5 Å². The van der Waals surface area contributed by atoms with Gasteiger partial charge in [0.2, 0.25) is 0 Å². The highest BCUT2D eigenvalue weighted by molar-refractivity contribution is 9.15. The molecular weight excluding hydrogens is 412 g/mol. The molecule has 3 heteroatoms. The summed E-state index contributed by atoms with van der Waals surface area (Å²) in [6.07, 6.45) is 2.55. The number of benzene rings is 3. The summed E-state index contributed by atoms with van der Waals surface area (Å²) >= 11 is 3.62. The highest BCUT2D eigenvalue weighted by Gasteiger charge is 2.18. The van der Waals surface area contributed by atoms with Crippen LogP contribution in [0.3, 0.4) is 0 Å². The van der Waals surface area contributed by atoms with Crippen LogP contribution < -0.4 is 0 Å². The van der Waals surface area contributed by atoms with Crippen molar-refractivity contribution in [3.05, 3.63) is 114 Å². The van der Waals surface area contributed by atoms with E-state index < -0.39 is 0 Å². The highest BCUT2D eigenvalue weighted by Crippen LogP contribution is 2.27. The largest absolute Gasteiger partial charge is 0.294 e. The van der Waals surface area contributed by atoms with E-state index in [0.717, 1.165) is 10.0 Å². The lowest BCUT2D eigenvalue weighted by atomic mass is 9.91. The second kappa shape index (κ2) is 9.95. The summed E-state index contributed by atoms with van der Waals surface area (Å²) in [7, 11) is 0. The van der Waals surface area contributed by atoms with Crippen LogP contribution in [0.2, 0.25) is 0 Å². The van der Waals surface area contributed by atoms with Gasteiger partial charge in [-0.1, -0.05) is 113 Å². The maximum Gasteiger partial charge on any atom is 0.163 e. The molecule has 0 radical (unpaired) electrons. The van der Waals surface area contributed by atoms with Gasteiger partial charge in [0.1, 0.15) is 0 Å². The molecule has 2 nitrogen and oxygen atoms in total. The van der Waals surface area contributed by atoms with Gasteiger partial charge in [0.25, 0.3) is 0 Å². The molecule has 0 heterocycles. The SMILES string of the molecule is O=C(CC(/C=C(/Br)c1ccccc1)CC(=O)c1ccccc1)c1ccccc1. The third-order valence-corrected chi connectivity index (χ3v) is 5.24. The number of carbonyl (C=O) groups is 2. The van der Waals surface area contributed by atoms with Crippen LogP contribution in [0.15, 0.2) is 97.1 Å². The summed E-state index contributed by atoms with van der Waals surface area (Å²) in [6, 6.07) is 28.3. The first-order chi connectivity index (χ1) is 13.6. The van der Waals surface area contributed by atoms with Crippen molar-refractivity contribution < 1.29 is 9.59 Å². The molecule has 3 aromatic carbocycles. The molecule has 0 aromatic heterocycles. The third kappa shape index (κ3) is 5.61. The van der Waals surface area contributed by atoms with Gasteiger partial charge in [0.05, 0.1) is 0 Å². The van der Waals surface area contributed by atoms with Crippen LogP contribution in [0.4, 0.5) is 0 Å². The van der Waals surface area contributed by atoms with Gasteiger partial charge >= 0.3 is 0 Å². The fourth-order valence-corrected chi connectivity index (χ4v) is 3.69. The summed E-state index contributed by atoms with van der Waals surface area (Å²) in [5.74, 6) is -0.123. The third-order valence-electron chi connectivity index (χ3n) is 4.52. The summed E-state index contributed by atoms with van der Waals surface area (Å²) < 4.78 is 0.889. The van der Waals surface area contributed by atoms with E-state index in [-0.39, 0.29) is 30.3 Å². The lowest BCUT2D eigenvalue weighted by Crippen LogP contribution is -2.12. The summed E-state index contributed by atoms with van der Waals surface area (Å²) in [4.78, 5) is 25.5. The zero-order valence-electron chi connectivity index (χ0n) is 15.4. The van der Waals surface area contributed by atoms with Gasteiger partial charge in [-0.05, 0) is 11.5 Å². The average molecular weight is 433 g/mol. The molecule has 0 N–H and O–H groups in total. The minimum Gasteiger partial charge on any atom is -0.294 e. The molecule has 0 bridgehead atoms. The van der Waals surface area contributed by atoms with Gasteiger partial charge in [-0.15, -0.1) is 0 Å². The smallest absolute Gasteiger partial charge is 0.163 e. The molecule has 0 saturated heterocycles. The van der Waals surface area contributed by atoms with E-state index in [4.69, 9.17) is 0 Å². The van der Waals surface area contributed by atoms with Crippen molar-refractivity contribution in [2.45, 2.75) is 12.8 Å². The zero-order valence-corrected chi connectivity index (χ0v) is 17.0. The Morgan fingerprint density at radius 3 is 1.39 bits per heavy atom. The van der Waals surface area contributed by atoms with Crippen molar-refractivity contribution in [2.24, 2.45) is 5.92 Å². The van der Waals surface area contributed by atoms with Crippen LogP contribution in [-0.4, -0.2) is 11.6 Å². The normalized spacial score (nSPS) is 11.4. The molecule has 0 fully saturated rings. The standard InChI is InChI=1S/C25H21BrO2/c26-23(20-10-4-1-5-11-20)16-19(17-24(27)21-12-6-2-7-13-21)18-25(28)22-14-8-3-9-15-22/h1-16,19H,17-18H2/b23-16+. The number of allylic oxidation sites excluding steroid dienone is 1. The summed E-state index contributed by atoms with van der Waals surface area (Å²) in [6.45, 7) is 0. The van der Waals surface area contributed by atoms with Crippen molar-refractivity contribution in [2.75, 3.05) is 0 Å². The van der Waals surface area contributed by atoms with Crippen LogP contribution >= 0.6 is 15.9 Å². The lowest BCUT2D eigenvalue weighted by Gasteiger charge is -2.13. The maximum absolute atomic E-state index is 12.7. The Kier molecular flexibility index (Phi) is 7.10. The molecule has 28 heavy (non-hydrogen) atoms. The van der Waals surface area contributed by atoms with Crippen LogP contribution in [0, 0.1) is 5.92 Å². The average Bonchev–Trinajstić information content (AvgIpc) is 2.75. The molecule has 3 rings (SSSR count). The molecule has 3 aromatic rings. The Balaban J connectivity index is 1.83. The number of Topliss-reactive ketones (excluding diaryl/α,β-unsaturated/α-hetero) is 2. The Hall–Kier alpha value is -2.78. The molecule has 0 spiro atoms. The molecule has 0 atom stereocenters. The van der Waals surface area contributed by atoms with Crippen molar-refractivity contribution in [3.63, 3.8) is 0 Å². The Morgan fingerprint density at radius 2 is 1.00 bits per heavy atom. The first-order valence-corrected chi connectivity index (χ1v) is 10.0. The summed E-state index contributed by atoms with van der Waals surface area (Å²) in [5.41, 5.74) is 2.36. The van der Waals surface area contributed by atoms with E-state index in [9.17, 15) is 9.59 Å². The zero-order chi connectivity index (χ0) is 19.8. The minimum absolute atomic E-state index is 0.0380. The predicted octanol–water partition coefficient (Wildman–Crippen LogP) is 6.58. The molecule has 0 aliphatic heterocycles. The van der Waals surface area contributed by atoms with Gasteiger partial charge in [-0.3, -0.25) is 9.59 Å². The van der Waals surface area contributed by atoms with Crippen LogP contribution in [0.5, 0.6) is 0 Å². The first kappa shape index (κ1) is 20.0. The second-order valence-electron chi connectivity index (χ2n) is 6.63. The van der Waals surface area contributed by atoms with Crippen molar-refractivity contribution in [1.82, 2.24) is 0 Å². The van der Waals surface area contributed by atoms with E-state index in [0.29, 0.717) is 11.1 Å².